The Labute approximate surface area is 188 Å². The Morgan fingerprint density at radius 3 is 2.55 bits per heavy atom. The summed E-state index contributed by atoms with van der Waals surface area (Å²) in [5.74, 6) is 0.702. The van der Waals surface area contributed by atoms with Crippen molar-refractivity contribution in [2.75, 3.05) is 31.1 Å². The lowest BCUT2D eigenvalue weighted by Gasteiger charge is -2.36. The average molecular weight is 456 g/mol. The Hall–Kier alpha value is -2.84. The number of halogens is 1. The molecule has 4 heterocycles. The molecule has 1 aromatic carbocycles. The normalized spacial score (nSPS) is 14.6. The number of thiophene rings is 1. The minimum Gasteiger partial charge on any atom is -0.368 e. The van der Waals surface area contributed by atoms with Crippen molar-refractivity contribution in [1.82, 2.24) is 19.1 Å². The summed E-state index contributed by atoms with van der Waals surface area (Å²) < 4.78 is 4.29. The number of hydrogen-bond donors (Lipinski definition) is 0. The monoisotopic (exact) mass is 455 g/mol. The molecule has 3 aromatic heterocycles. The van der Waals surface area contributed by atoms with Crippen molar-refractivity contribution < 1.29 is 4.79 Å². The number of benzene rings is 1. The molecule has 1 aliphatic rings. The van der Waals surface area contributed by atoms with Crippen LogP contribution >= 0.6 is 22.9 Å². The SMILES string of the molecule is CCc1nn(CC(=O)N2CCN(c3ccc(Cl)cc3)CC2)c(=O)c2cc3sccc3n12. The highest BCUT2D eigenvalue weighted by Crippen LogP contribution is 2.25. The lowest BCUT2D eigenvalue weighted by Crippen LogP contribution is -2.50. The van der Waals surface area contributed by atoms with E-state index >= 15 is 0 Å². The molecule has 7 nitrogen and oxygen atoms in total. The van der Waals surface area contributed by atoms with Crippen molar-refractivity contribution in [3.63, 3.8) is 0 Å². The minimum absolute atomic E-state index is 0.0396. The third-order valence-corrected chi connectivity index (χ3v) is 6.90. The van der Waals surface area contributed by atoms with Crippen LogP contribution in [0.4, 0.5) is 5.69 Å². The fraction of sp³-hybridized carbons (Fsp3) is 0.318. The number of aromatic nitrogens is 3. The molecule has 0 N–H and O–H groups in total. The Morgan fingerprint density at radius 1 is 1.10 bits per heavy atom. The topological polar surface area (TPSA) is 62.9 Å². The molecule has 1 amide bonds. The molecule has 1 aliphatic heterocycles. The predicted octanol–water partition coefficient (Wildman–Crippen LogP) is 3.28. The quantitative estimate of drug-likeness (QED) is 0.474. The Bertz CT molecular complexity index is 1320. The summed E-state index contributed by atoms with van der Waals surface area (Å²) >= 11 is 7.57. The van der Waals surface area contributed by atoms with Crippen LogP contribution in [0.5, 0.6) is 0 Å². The first-order valence-electron chi connectivity index (χ1n) is 10.3. The average Bonchev–Trinajstić information content (AvgIpc) is 3.38. The van der Waals surface area contributed by atoms with Gasteiger partial charge in [0.05, 0.1) is 10.2 Å². The molecule has 160 valence electrons. The molecule has 0 radical (unpaired) electrons. The second kappa shape index (κ2) is 8.01. The van der Waals surface area contributed by atoms with E-state index in [2.05, 4.69) is 10.00 Å². The Balaban J connectivity index is 1.34. The van der Waals surface area contributed by atoms with Crippen molar-refractivity contribution in [1.29, 1.82) is 0 Å². The van der Waals surface area contributed by atoms with Crippen LogP contribution in [0.25, 0.3) is 15.7 Å². The fourth-order valence-corrected chi connectivity index (χ4v) is 5.08. The number of anilines is 1. The van der Waals surface area contributed by atoms with Crippen LogP contribution in [0.2, 0.25) is 5.02 Å². The molecule has 0 saturated carbocycles. The summed E-state index contributed by atoms with van der Waals surface area (Å²) in [6.07, 6.45) is 0.671. The maximum atomic E-state index is 13.0. The second-order valence-corrected chi connectivity index (χ2v) is 9.00. The van der Waals surface area contributed by atoms with E-state index < -0.39 is 0 Å². The third kappa shape index (κ3) is 3.59. The zero-order chi connectivity index (χ0) is 21.5. The number of carbonyl (C=O) groups is 1. The van der Waals surface area contributed by atoms with Gasteiger partial charge in [0.25, 0.3) is 5.56 Å². The van der Waals surface area contributed by atoms with Gasteiger partial charge in [-0.05, 0) is 41.8 Å². The molecule has 0 unspecified atom stereocenters. The molecule has 0 aliphatic carbocycles. The second-order valence-electron chi connectivity index (χ2n) is 7.61. The first kappa shape index (κ1) is 20.1. The highest BCUT2D eigenvalue weighted by molar-refractivity contribution is 7.17. The maximum Gasteiger partial charge on any atom is 0.291 e. The van der Waals surface area contributed by atoms with Crippen LogP contribution < -0.4 is 10.5 Å². The van der Waals surface area contributed by atoms with Gasteiger partial charge in [0.1, 0.15) is 17.9 Å². The van der Waals surface area contributed by atoms with E-state index in [0.29, 0.717) is 30.0 Å². The van der Waals surface area contributed by atoms with E-state index in [0.717, 1.165) is 34.8 Å². The van der Waals surface area contributed by atoms with Crippen molar-refractivity contribution in [3.8, 4) is 0 Å². The van der Waals surface area contributed by atoms with E-state index in [1.165, 1.54) is 4.68 Å². The summed E-state index contributed by atoms with van der Waals surface area (Å²) in [4.78, 5) is 30.0. The summed E-state index contributed by atoms with van der Waals surface area (Å²) in [6.45, 7) is 4.67. The molecular formula is C22H22ClN5O2S. The van der Waals surface area contributed by atoms with Crippen LogP contribution in [-0.2, 0) is 17.8 Å². The molecule has 0 bridgehead atoms. The highest BCUT2D eigenvalue weighted by Gasteiger charge is 2.23. The number of rotatable bonds is 4. The zero-order valence-corrected chi connectivity index (χ0v) is 18.7. The van der Waals surface area contributed by atoms with Crippen LogP contribution in [0.1, 0.15) is 12.7 Å². The predicted molar refractivity (Wildman–Crippen MR) is 124 cm³/mol. The van der Waals surface area contributed by atoms with Crippen molar-refractivity contribution in [2.45, 2.75) is 19.9 Å². The van der Waals surface area contributed by atoms with Crippen LogP contribution in [0, 0.1) is 0 Å². The molecule has 1 fully saturated rings. The molecule has 0 spiro atoms. The van der Waals surface area contributed by atoms with Gasteiger partial charge in [0, 0.05) is 43.3 Å². The van der Waals surface area contributed by atoms with Crippen LogP contribution in [-0.4, -0.2) is 51.2 Å². The minimum atomic E-state index is -0.228. The Morgan fingerprint density at radius 2 is 1.84 bits per heavy atom. The number of fused-ring (bicyclic) bond motifs is 3. The standard InChI is InChI=1S/C22H22ClN5O2S/c1-2-20-24-27(22(30)18-13-19-17(28(18)20)7-12-31-19)14-21(29)26-10-8-25(9-11-26)16-5-3-15(23)4-6-16/h3-7,12-13H,2,8-11,14H2,1H3. The number of carbonyl (C=O) groups excluding carboxylic acids is 1. The lowest BCUT2D eigenvalue weighted by atomic mass is 10.2. The number of nitrogens with zero attached hydrogens (tertiary/aromatic N) is 5. The van der Waals surface area contributed by atoms with Crippen molar-refractivity contribution in [2.24, 2.45) is 0 Å². The van der Waals surface area contributed by atoms with Gasteiger partial charge in [-0.25, -0.2) is 4.68 Å². The maximum absolute atomic E-state index is 13.0. The van der Waals surface area contributed by atoms with Gasteiger partial charge in [-0.2, -0.15) is 5.10 Å². The summed E-state index contributed by atoms with van der Waals surface area (Å²) in [5.41, 5.74) is 2.45. The largest absolute Gasteiger partial charge is 0.368 e. The van der Waals surface area contributed by atoms with Crippen LogP contribution in [0.3, 0.4) is 0 Å². The molecule has 5 rings (SSSR count). The van der Waals surface area contributed by atoms with Gasteiger partial charge in [0.2, 0.25) is 5.91 Å². The van der Waals surface area contributed by atoms with Gasteiger partial charge >= 0.3 is 0 Å². The van der Waals surface area contributed by atoms with E-state index in [9.17, 15) is 9.59 Å². The number of aryl methyl sites for hydroxylation is 1. The Kier molecular flexibility index (Phi) is 5.19. The molecule has 4 aromatic rings. The molecular weight excluding hydrogens is 434 g/mol. The smallest absolute Gasteiger partial charge is 0.291 e. The first-order chi connectivity index (χ1) is 15.0. The zero-order valence-electron chi connectivity index (χ0n) is 17.1. The lowest BCUT2D eigenvalue weighted by molar-refractivity contribution is -0.132. The number of amides is 1. The first-order valence-corrected chi connectivity index (χ1v) is 11.6. The fourth-order valence-electron chi connectivity index (χ4n) is 4.15. The molecule has 1 saturated heterocycles. The van der Waals surface area contributed by atoms with E-state index in [1.54, 1.807) is 11.3 Å². The summed E-state index contributed by atoms with van der Waals surface area (Å²) in [6, 6.07) is 11.6. The van der Waals surface area contributed by atoms with Crippen molar-refractivity contribution in [3.05, 3.63) is 63.0 Å². The van der Waals surface area contributed by atoms with Gasteiger partial charge in [-0.1, -0.05) is 18.5 Å². The summed E-state index contributed by atoms with van der Waals surface area (Å²) in [7, 11) is 0. The third-order valence-electron chi connectivity index (χ3n) is 5.80. The van der Waals surface area contributed by atoms with Gasteiger partial charge in [0.15, 0.2) is 0 Å². The molecule has 31 heavy (non-hydrogen) atoms. The van der Waals surface area contributed by atoms with Gasteiger partial charge < -0.3 is 9.80 Å². The highest BCUT2D eigenvalue weighted by atomic mass is 35.5. The molecule has 0 atom stereocenters. The van der Waals surface area contributed by atoms with Gasteiger partial charge in [-0.15, -0.1) is 11.3 Å². The van der Waals surface area contributed by atoms with Crippen LogP contribution in [0.15, 0.2) is 46.6 Å². The number of hydrogen-bond acceptors (Lipinski definition) is 5. The number of piperazine rings is 1. The van der Waals surface area contributed by atoms with E-state index in [1.807, 2.05) is 58.0 Å². The molecule has 9 heteroatoms. The van der Waals surface area contributed by atoms with Crippen molar-refractivity contribution >= 4 is 50.3 Å². The van der Waals surface area contributed by atoms with E-state index in [-0.39, 0.29) is 18.0 Å². The summed E-state index contributed by atoms with van der Waals surface area (Å²) in [5, 5.41) is 7.25. The van der Waals surface area contributed by atoms with E-state index in [4.69, 9.17) is 11.6 Å². The van der Waals surface area contributed by atoms with Gasteiger partial charge in [-0.3, -0.25) is 14.0 Å².